The molecule has 0 saturated carbocycles. The van der Waals surface area contributed by atoms with Crippen LogP contribution >= 0.6 is 0 Å². The minimum Gasteiger partial charge on any atom is -0.452 e. The van der Waals surface area contributed by atoms with E-state index in [0.717, 1.165) is 4.90 Å². The van der Waals surface area contributed by atoms with Gasteiger partial charge in [-0.2, -0.15) is 38.1 Å². The topological polar surface area (TPSA) is 112 Å². The average Bonchev–Trinajstić information content (AvgIpc) is 3.44. The van der Waals surface area contributed by atoms with Crippen LogP contribution in [0.5, 0.6) is 11.9 Å². The number of amides is 1. The van der Waals surface area contributed by atoms with Gasteiger partial charge in [0, 0.05) is 13.0 Å². The molecule has 39 heavy (non-hydrogen) atoms. The number of benzene rings is 2. The summed E-state index contributed by atoms with van der Waals surface area (Å²) in [5.41, 5.74) is 0.470. The molecule has 3 heterocycles. The maximum absolute atomic E-state index is 14.9. The lowest BCUT2D eigenvalue weighted by Crippen LogP contribution is -2.55. The number of carbonyl (C=O) groups excluding carboxylic acids is 2. The second kappa shape index (κ2) is 9.89. The summed E-state index contributed by atoms with van der Waals surface area (Å²) in [6.45, 7) is -0.903. The Hall–Kier alpha value is -4.69. The molecule has 1 atom stereocenters. The Morgan fingerprint density at radius 1 is 0.974 bits per heavy atom. The van der Waals surface area contributed by atoms with Crippen molar-refractivity contribution >= 4 is 22.8 Å². The number of aromatic nitrogens is 5. The molecule has 10 nitrogen and oxygen atoms in total. The SMILES string of the molecule is O=C(c1ccccc1-n1nccn1)N1CCC(F)(F)C(Oc2nc(OC(=O)C(F)(F)F)c3ccccc3n2)C1. The first-order valence-corrected chi connectivity index (χ1v) is 11.4. The first kappa shape index (κ1) is 25.9. The van der Waals surface area contributed by atoms with Gasteiger partial charge in [-0.3, -0.25) is 4.79 Å². The van der Waals surface area contributed by atoms with Gasteiger partial charge in [0.25, 0.3) is 11.8 Å². The monoisotopic (exact) mass is 548 g/mol. The van der Waals surface area contributed by atoms with Crippen molar-refractivity contribution in [2.24, 2.45) is 0 Å². The van der Waals surface area contributed by atoms with Crippen LogP contribution in [0.4, 0.5) is 22.0 Å². The molecular formula is C24H17F5N6O4. The highest BCUT2D eigenvalue weighted by molar-refractivity contribution is 5.97. The fraction of sp³-hybridized carbons (Fsp3) is 0.250. The fourth-order valence-corrected chi connectivity index (χ4v) is 3.95. The summed E-state index contributed by atoms with van der Waals surface area (Å²) < 4.78 is 77.9. The highest BCUT2D eigenvalue weighted by atomic mass is 19.4. The number of hydrogen-bond donors (Lipinski definition) is 0. The molecule has 1 aliphatic rings. The van der Waals surface area contributed by atoms with E-state index < -0.39 is 54.9 Å². The first-order chi connectivity index (χ1) is 18.5. The van der Waals surface area contributed by atoms with E-state index in [1.165, 1.54) is 47.5 Å². The number of nitrogens with zero attached hydrogens (tertiary/aromatic N) is 6. The zero-order valence-corrected chi connectivity index (χ0v) is 19.7. The number of piperidine rings is 1. The van der Waals surface area contributed by atoms with Gasteiger partial charge in [0.05, 0.1) is 41.1 Å². The number of para-hydroxylation sites is 2. The molecule has 1 amide bonds. The van der Waals surface area contributed by atoms with Crippen LogP contribution in [-0.4, -0.2) is 73.0 Å². The van der Waals surface area contributed by atoms with Crippen LogP contribution in [0.1, 0.15) is 16.8 Å². The molecule has 5 rings (SSSR count). The van der Waals surface area contributed by atoms with Gasteiger partial charge in [0.15, 0.2) is 6.10 Å². The molecule has 2 aromatic heterocycles. The molecule has 0 aliphatic carbocycles. The predicted octanol–water partition coefficient (Wildman–Crippen LogP) is 3.61. The van der Waals surface area contributed by atoms with E-state index in [1.54, 1.807) is 18.2 Å². The standard InChI is InChI=1S/C24H17F5N6O4/c25-23(26)9-12-34(20(36)15-6-2-4-8-17(15)35-30-10-11-31-35)13-18(23)38-22-32-16-7-3-1-5-14(16)19(33-22)39-21(37)24(27,28)29/h1-8,10-11,18H,9,12-13H2. The van der Waals surface area contributed by atoms with Gasteiger partial charge >= 0.3 is 18.2 Å². The fourth-order valence-electron chi connectivity index (χ4n) is 3.95. The number of hydrogen-bond acceptors (Lipinski definition) is 8. The molecule has 202 valence electrons. The highest BCUT2D eigenvalue weighted by Crippen LogP contribution is 2.34. The van der Waals surface area contributed by atoms with Crippen molar-refractivity contribution in [2.75, 3.05) is 13.1 Å². The van der Waals surface area contributed by atoms with Gasteiger partial charge in [-0.1, -0.05) is 24.3 Å². The number of ether oxygens (including phenoxy) is 2. The van der Waals surface area contributed by atoms with E-state index in [0.29, 0.717) is 5.69 Å². The third-order valence-electron chi connectivity index (χ3n) is 5.84. The van der Waals surface area contributed by atoms with Crippen molar-refractivity contribution < 1.29 is 41.0 Å². The summed E-state index contributed by atoms with van der Waals surface area (Å²) in [4.78, 5) is 34.8. The molecule has 15 heteroatoms. The number of alkyl halides is 5. The van der Waals surface area contributed by atoms with E-state index in [9.17, 15) is 31.5 Å². The normalized spacial score (nSPS) is 17.2. The van der Waals surface area contributed by atoms with Crippen LogP contribution in [0, 0.1) is 0 Å². The molecule has 4 aromatic rings. The van der Waals surface area contributed by atoms with Crippen LogP contribution in [0.2, 0.25) is 0 Å². The van der Waals surface area contributed by atoms with Gasteiger partial charge in [-0.25, -0.2) is 13.6 Å². The molecule has 0 radical (unpaired) electrons. The Bertz CT molecular complexity index is 1530. The van der Waals surface area contributed by atoms with Crippen LogP contribution in [0.15, 0.2) is 60.9 Å². The van der Waals surface area contributed by atoms with Crippen molar-refractivity contribution in [3.05, 3.63) is 66.5 Å². The van der Waals surface area contributed by atoms with E-state index in [1.807, 2.05) is 0 Å². The van der Waals surface area contributed by atoms with Crippen molar-refractivity contribution in [3.63, 3.8) is 0 Å². The Morgan fingerprint density at radius 2 is 1.67 bits per heavy atom. The second-order valence-electron chi connectivity index (χ2n) is 8.42. The number of esters is 1. The molecule has 1 fully saturated rings. The van der Waals surface area contributed by atoms with E-state index in [2.05, 4.69) is 24.9 Å². The van der Waals surface area contributed by atoms with Crippen LogP contribution in [-0.2, 0) is 4.79 Å². The van der Waals surface area contributed by atoms with Gasteiger partial charge in [-0.05, 0) is 24.3 Å². The zero-order chi connectivity index (χ0) is 27.8. The Labute approximate surface area is 216 Å². The maximum atomic E-state index is 14.9. The molecule has 1 saturated heterocycles. The van der Waals surface area contributed by atoms with Gasteiger partial charge in [0.2, 0.25) is 5.88 Å². The van der Waals surface area contributed by atoms with E-state index in [-0.39, 0.29) is 23.0 Å². The summed E-state index contributed by atoms with van der Waals surface area (Å²) in [6.07, 6.45) is -5.23. The summed E-state index contributed by atoms with van der Waals surface area (Å²) in [5, 5.41) is 7.94. The number of rotatable bonds is 5. The summed E-state index contributed by atoms with van der Waals surface area (Å²) in [5.74, 6) is -7.41. The molecule has 1 unspecified atom stereocenters. The van der Waals surface area contributed by atoms with Crippen molar-refractivity contribution in [1.29, 1.82) is 0 Å². The largest absolute Gasteiger partial charge is 0.491 e. The predicted molar refractivity (Wildman–Crippen MR) is 122 cm³/mol. The summed E-state index contributed by atoms with van der Waals surface area (Å²) in [6, 6.07) is 11.2. The van der Waals surface area contributed by atoms with Crippen LogP contribution < -0.4 is 9.47 Å². The molecular weight excluding hydrogens is 531 g/mol. The van der Waals surface area contributed by atoms with Gasteiger partial charge in [0.1, 0.15) is 0 Å². The van der Waals surface area contributed by atoms with Gasteiger partial charge < -0.3 is 14.4 Å². The molecule has 1 aliphatic heterocycles. The Balaban J connectivity index is 1.43. The van der Waals surface area contributed by atoms with E-state index >= 15 is 0 Å². The number of fused-ring (bicyclic) bond motifs is 1. The lowest BCUT2D eigenvalue weighted by atomic mass is 10.0. The Kier molecular flexibility index (Phi) is 6.57. The molecule has 0 spiro atoms. The van der Waals surface area contributed by atoms with Crippen molar-refractivity contribution in [1.82, 2.24) is 29.9 Å². The van der Waals surface area contributed by atoms with Gasteiger partial charge in [-0.15, -0.1) is 0 Å². The minimum absolute atomic E-state index is 0.0137. The lowest BCUT2D eigenvalue weighted by molar-refractivity contribution is -0.189. The number of carbonyl (C=O) groups is 2. The number of likely N-dealkylation sites (tertiary alicyclic amines) is 1. The zero-order valence-electron chi connectivity index (χ0n) is 19.7. The Morgan fingerprint density at radius 3 is 2.41 bits per heavy atom. The third-order valence-corrected chi connectivity index (χ3v) is 5.84. The quantitative estimate of drug-likeness (QED) is 0.275. The lowest BCUT2D eigenvalue weighted by Gasteiger charge is -2.37. The second-order valence-corrected chi connectivity index (χ2v) is 8.42. The van der Waals surface area contributed by atoms with Crippen molar-refractivity contribution in [3.8, 4) is 17.6 Å². The molecule has 0 bridgehead atoms. The van der Waals surface area contributed by atoms with Crippen LogP contribution in [0.25, 0.3) is 16.6 Å². The number of halogens is 5. The molecule has 2 aromatic carbocycles. The van der Waals surface area contributed by atoms with Crippen LogP contribution in [0.3, 0.4) is 0 Å². The van der Waals surface area contributed by atoms with Crippen molar-refractivity contribution in [2.45, 2.75) is 24.6 Å². The smallest absolute Gasteiger partial charge is 0.452 e. The summed E-state index contributed by atoms with van der Waals surface area (Å²) >= 11 is 0. The highest BCUT2D eigenvalue weighted by Gasteiger charge is 2.48. The maximum Gasteiger partial charge on any atom is 0.491 e. The average molecular weight is 548 g/mol. The van der Waals surface area contributed by atoms with E-state index in [4.69, 9.17) is 4.74 Å². The summed E-state index contributed by atoms with van der Waals surface area (Å²) in [7, 11) is 0. The third kappa shape index (κ3) is 5.32. The molecule has 0 N–H and O–H groups in total. The first-order valence-electron chi connectivity index (χ1n) is 11.4. The minimum atomic E-state index is -5.33.